The summed E-state index contributed by atoms with van der Waals surface area (Å²) in [4.78, 5) is 16.5. The molecule has 11 heteroatoms. The molecular weight excluding hydrogens is 366 g/mol. The number of nitrogens with zero attached hydrogens (tertiary/aromatic N) is 2. The first kappa shape index (κ1) is 20.1. The molecule has 1 heterocycles. The molecule has 1 atom stereocenters. The van der Waals surface area contributed by atoms with Gasteiger partial charge in [0.1, 0.15) is 25.5 Å². The number of methoxy groups -OCH3 is 1. The van der Waals surface area contributed by atoms with Gasteiger partial charge >= 0.3 is 0 Å². The van der Waals surface area contributed by atoms with Crippen molar-refractivity contribution < 1.29 is 32.7 Å². The highest BCUT2D eigenvalue weighted by molar-refractivity contribution is 7.89. The number of hydroxylamine groups is 1. The molecule has 2 N–H and O–H groups in total. The van der Waals surface area contributed by atoms with Crippen LogP contribution in [-0.4, -0.2) is 69.6 Å². The van der Waals surface area contributed by atoms with Crippen molar-refractivity contribution in [2.45, 2.75) is 17.4 Å². The Balaban J connectivity index is 2.23. The fourth-order valence-electron chi connectivity index (χ4n) is 2.51. The number of carbonyl (C=O) groups is 1. The summed E-state index contributed by atoms with van der Waals surface area (Å²) in [5.74, 6) is -0.344. The minimum absolute atomic E-state index is 0.00834. The molecule has 0 radical (unpaired) electrons. The Morgan fingerprint density at radius 3 is 2.58 bits per heavy atom. The molecule has 0 aliphatic carbocycles. The predicted molar refractivity (Wildman–Crippen MR) is 90.5 cm³/mol. The van der Waals surface area contributed by atoms with Crippen LogP contribution in [0.2, 0.25) is 0 Å². The second-order valence-electron chi connectivity index (χ2n) is 5.40. The van der Waals surface area contributed by atoms with Crippen LogP contribution in [0.4, 0.5) is 0 Å². The molecule has 1 saturated heterocycles. The Labute approximate surface area is 151 Å². The number of rotatable bonds is 8. The van der Waals surface area contributed by atoms with Crippen molar-refractivity contribution in [3.63, 3.8) is 0 Å². The normalized spacial score (nSPS) is 19.5. The van der Waals surface area contributed by atoms with Gasteiger partial charge in [-0.05, 0) is 24.3 Å². The summed E-state index contributed by atoms with van der Waals surface area (Å²) in [6.45, 7) is 0.637. The summed E-state index contributed by atoms with van der Waals surface area (Å²) in [5.41, 5.74) is 1.87. The van der Waals surface area contributed by atoms with Crippen LogP contribution in [0.1, 0.15) is 6.42 Å². The number of carbonyl (C=O) groups excluding carboxylic acids is 1. The van der Waals surface area contributed by atoms with Gasteiger partial charge in [0.25, 0.3) is 5.91 Å². The lowest BCUT2D eigenvalue weighted by Gasteiger charge is -2.21. The van der Waals surface area contributed by atoms with Crippen molar-refractivity contribution >= 4 is 21.6 Å². The van der Waals surface area contributed by atoms with Crippen LogP contribution < -0.4 is 10.2 Å². The number of sulfonamides is 1. The van der Waals surface area contributed by atoms with Gasteiger partial charge in [0.05, 0.1) is 23.8 Å². The van der Waals surface area contributed by atoms with E-state index in [2.05, 4.69) is 9.99 Å². The molecule has 1 fully saturated rings. The quantitative estimate of drug-likeness (QED) is 0.365. The highest BCUT2D eigenvalue weighted by Gasteiger charge is 2.42. The lowest BCUT2D eigenvalue weighted by atomic mass is 10.2. The van der Waals surface area contributed by atoms with Crippen molar-refractivity contribution in [3.05, 3.63) is 24.3 Å². The minimum atomic E-state index is -3.99. The molecule has 0 aromatic heterocycles. The van der Waals surface area contributed by atoms with Crippen LogP contribution in [0.25, 0.3) is 0 Å². The summed E-state index contributed by atoms with van der Waals surface area (Å²) in [6.07, 6.45) is 0.0255. The van der Waals surface area contributed by atoms with Gasteiger partial charge in [-0.2, -0.15) is 4.31 Å². The summed E-state index contributed by atoms with van der Waals surface area (Å²) >= 11 is 0. The maximum Gasteiger partial charge on any atom is 0.262 e. The van der Waals surface area contributed by atoms with Gasteiger partial charge in [0.2, 0.25) is 10.0 Å². The molecular formula is C15H21N3O7S. The van der Waals surface area contributed by atoms with E-state index in [1.807, 2.05) is 0 Å². The predicted octanol–water partition coefficient (Wildman–Crippen LogP) is -0.0174. The summed E-state index contributed by atoms with van der Waals surface area (Å²) in [6, 6.07) is 4.69. The van der Waals surface area contributed by atoms with E-state index in [0.717, 1.165) is 4.31 Å². The van der Waals surface area contributed by atoms with E-state index >= 15 is 0 Å². The standard InChI is InChI=1S/C15H21N3O7S/c1-23-7-8-25-12-3-5-13(6-4-12)26(21,22)18-10-11(17-24-2)9-14(18)15(19)16-20/h3-6,14,20H,7-10H2,1-2H3,(H,16,19)/b17-11-/t14-/m1/s1. The second-order valence-corrected chi connectivity index (χ2v) is 7.29. The molecule has 0 spiro atoms. The first-order valence-corrected chi connectivity index (χ1v) is 9.14. The van der Waals surface area contributed by atoms with Gasteiger partial charge in [-0.3, -0.25) is 10.0 Å². The molecule has 0 unspecified atom stereocenters. The molecule has 1 aromatic rings. The number of hydrogen-bond donors (Lipinski definition) is 2. The third kappa shape index (κ3) is 4.49. The van der Waals surface area contributed by atoms with E-state index in [-0.39, 0.29) is 17.9 Å². The molecule has 0 saturated carbocycles. The Morgan fingerprint density at radius 1 is 1.31 bits per heavy atom. The minimum Gasteiger partial charge on any atom is -0.491 e. The second kappa shape index (κ2) is 8.94. The largest absolute Gasteiger partial charge is 0.491 e. The molecule has 1 aliphatic heterocycles. The number of benzene rings is 1. The number of nitrogens with one attached hydrogen (secondary N) is 1. The molecule has 1 aliphatic rings. The van der Waals surface area contributed by atoms with E-state index in [4.69, 9.17) is 14.7 Å². The highest BCUT2D eigenvalue weighted by Crippen LogP contribution is 2.26. The van der Waals surface area contributed by atoms with Crippen molar-refractivity contribution in [1.29, 1.82) is 0 Å². The maximum atomic E-state index is 12.9. The van der Waals surface area contributed by atoms with Gasteiger partial charge in [-0.1, -0.05) is 5.16 Å². The van der Waals surface area contributed by atoms with E-state index in [0.29, 0.717) is 24.7 Å². The van der Waals surface area contributed by atoms with Crippen molar-refractivity contribution in [2.75, 3.05) is 34.0 Å². The summed E-state index contributed by atoms with van der Waals surface area (Å²) in [5, 5.41) is 12.6. The monoisotopic (exact) mass is 387 g/mol. The number of amides is 1. The summed E-state index contributed by atoms with van der Waals surface area (Å²) in [7, 11) is -1.11. The van der Waals surface area contributed by atoms with Gasteiger partial charge in [-0.15, -0.1) is 0 Å². The van der Waals surface area contributed by atoms with E-state index in [9.17, 15) is 13.2 Å². The molecule has 144 valence electrons. The molecule has 1 aromatic carbocycles. The highest BCUT2D eigenvalue weighted by atomic mass is 32.2. The first-order chi connectivity index (χ1) is 12.4. The van der Waals surface area contributed by atoms with Gasteiger partial charge < -0.3 is 14.3 Å². The maximum absolute atomic E-state index is 12.9. The summed E-state index contributed by atoms with van der Waals surface area (Å²) < 4.78 is 37.0. The average molecular weight is 387 g/mol. The lowest BCUT2D eigenvalue weighted by molar-refractivity contribution is -0.132. The van der Waals surface area contributed by atoms with Crippen molar-refractivity contribution in [3.8, 4) is 5.75 Å². The smallest absolute Gasteiger partial charge is 0.262 e. The third-order valence-corrected chi connectivity index (χ3v) is 5.60. The number of ether oxygens (including phenoxy) is 2. The molecule has 1 amide bonds. The van der Waals surface area contributed by atoms with Crippen LogP contribution in [-0.2, 0) is 24.4 Å². The first-order valence-electron chi connectivity index (χ1n) is 7.70. The zero-order chi connectivity index (χ0) is 19.2. The number of oxime groups is 1. The van der Waals surface area contributed by atoms with E-state index < -0.39 is 22.0 Å². The average Bonchev–Trinajstić information content (AvgIpc) is 3.07. The zero-order valence-electron chi connectivity index (χ0n) is 14.4. The van der Waals surface area contributed by atoms with Gasteiger partial charge in [0.15, 0.2) is 0 Å². The SMILES string of the molecule is COCCOc1ccc(S(=O)(=O)N2C/C(=N\OC)C[C@@H]2C(=O)NO)cc1. The van der Waals surface area contributed by atoms with Crippen LogP contribution >= 0.6 is 0 Å². The Kier molecular flexibility index (Phi) is 6.91. The van der Waals surface area contributed by atoms with Crippen LogP contribution in [0.5, 0.6) is 5.75 Å². The Hall–Kier alpha value is -2.21. The van der Waals surface area contributed by atoms with Crippen molar-refractivity contribution in [2.24, 2.45) is 5.16 Å². The van der Waals surface area contributed by atoms with Crippen LogP contribution in [0.15, 0.2) is 34.3 Å². The van der Waals surface area contributed by atoms with Gasteiger partial charge in [0, 0.05) is 13.5 Å². The van der Waals surface area contributed by atoms with E-state index in [1.54, 1.807) is 7.11 Å². The third-order valence-electron chi connectivity index (χ3n) is 3.73. The lowest BCUT2D eigenvalue weighted by Crippen LogP contribution is -2.45. The fourth-order valence-corrected chi connectivity index (χ4v) is 4.09. The molecule has 2 rings (SSSR count). The Morgan fingerprint density at radius 2 is 2.00 bits per heavy atom. The molecule has 10 nitrogen and oxygen atoms in total. The fraction of sp³-hybridized carbons (Fsp3) is 0.467. The zero-order valence-corrected chi connectivity index (χ0v) is 15.2. The molecule has 0 bridgehead atoms. The number of hydrogen-bond acceptors (Lipinski definition) is 8. The molecule has 26 heavy (non-hydrogen) atoms. The Bertz CT molecular complexity index is 749. The van der Waals surface area contributed by atoms with Crippen LogP contribution in [0.3, 0.4) is 0 Å². The topological polar surface area (TPSA) is 127 Å². The van der Waals surface area contributed by atoms with Gasteiger partial charge in [-0.25, -0.2) is 13.9 Å². The van der Waals surface area contributed by atoms with Crippen molar-refractivity contribution in [1.82, 2.24) is 9.79 Å². The van der Waals surface area contributed by atoms with E-state index in [1.165, 1.54) is 36.9 Å². The van der Waals surface area contributed by atoms with Crippen LogP contribution in [0, 0.1) is 0 Å².